The number of H-pyrrole nitrogens is 2. The van der Waals surface area contributed by atoms with E-state index in [0.717, 1.165) is 5.56 Å². The van der Waals surface area contributed by atoms with Gasteiger partial charge < -0.3 is 24.9 Å². The number of hydrogen-bond acceptors (Lipinski definition) is 5. The fourth-order valence-corrected chi connectivity index (χ4v) is 4.64. The predicted molar refractivity (Wildman–Crippen MR) is 145 cm³/mol. The number of aliphatic hydroxyl groups excluding tert-OH is 1. The lowest BCUT2D eigenvalue weighted by Gasteiger charge is -2.17. The Morgan fingerprint density at radius 3 is 2.53 bits per heavy atom. The molecule has 8 nitrogen and oxygen atoms in total. The third-order valence-corrected chi connectivity index (χ3v) is 6.61. The zero-order valence-electron chi connectivity index (χ0n) is 20.1. The van der Waals surface area contributed by atoms with Crippen LogP contribution in [0.25, 0.3) is 22.5 Å². The summed E-state index contributed by atoms with van der Waals surface area (Å²) in [7, 11) is 0. The Kier molecular flexibility index (Phi) is 7.43. The number of hydrogen-bond donors (Lipinski definition) is 4. The Balaban J connectivity index is 1.55. The van der Waals surface area contributed by atoms with Crippen molar-refractivity contribution in [3.05, 3.63) is 111 Å². The highest BCUT2D eigenvalue weighted by Gasteiger charge is 2.26. The molecule has 2 aromatic heterocycles. The van der Waals surface area contributed by atoms with Crippen LogP contribution in [0.1, 0.15) is 17.4 Å². The molecule has 0 aliphatic rings. The number of rotatable bonds is 9. The second-order valence-electron chi connectivity index (χ2n) is 8.61. The summed E-state index contributed by atoms with van der Waals surface area (Å²) < 4.78 is 21.9. The number of ether oxygens (including phenoxy) is 1. The maximum absolute atomic E-state index is 14.6. The Bertz CT molecular complexity index is 1600. The van der Waals surface area contributed by atoms with E-state index in [0.29, 0.717) is 39.3 Å². The normalized spacial score (nSPS) is 12.0. The molecule has 194 valence electrons. The Morgan fingerprint density at radius 2 is 1.82 bits per heavy atom. The molecular formula is C28H24BrFN4O4. The summed E-state index contributed by atoms with van der Waals surface area (Å²) in [5, 5.41) is 20.2. The van der Waals surface area contributed by atoms with Crippen LogP contribution in [-0.4, -0.2) is 42.9 Å². The minimum absolute atomic E-state index is 0.107. The first-order chi connectivity index (χ1) is 18.4. The van der Waals surface area contributed by atoms with Crippen molar-refractivity contribution in [2.24, 2.45) is 0 Å². The van der Waals surface area contributed by atoms with Gasteiger partial charge in [-0.25, -0.2) is 14.2 Å². The molecule has 0 bridgehead atoms. The SMILES string of the molecule is O=c1[nH]c(-c2ccc(OCCO)cc2)c(O)n1[C@H](Cc1ccccc1)c1ncc(-c2ccc(Br)cc2F)[nH]1. The summed E-state index contributed by atoms with van der Waals surface area (Å²) in [6, 6.07) is 20.3. The van der Waals surface area contributed by atoms with Crippen LogP contribution in [0.5, 0.6) is 11.6 Å². The van der Waals surface area contributed by atoms with Gasteiger partial charge in [0.2, 0.25) is 5.88 Å². The van der Waals surface area contributed by atoms with E-state index in [1.54, 1.807) is 36.4 Å². The Hall–Kier alpha value is -4.15. The highest BCUT2D eigenvalue weighted by Crippen LogP contribution is 2.33. The molecule has 10 heteroatoms. The third-order valence-electron chi connectivity index (χ3n) is 6.12. The average Bonchev–Trinajstić information content (AvgIpc) is 3.51. The van der Waals surface area contributed by atoms with Crippen molar-refractivity contribution < 1.29 is 19.3 Å². The predicted octanol–water partition coefficient (Wildman–Crippen LogP) is 5.04. The van der Waals surface area contributed by atoms with E-state index in [9.17, 15) is 14.3 Å². The van der Waals surface area contributed by atoms with Crippen molar-refractivity contribution in [3.63, 3.8) is 0 Å². The minimum atomic E-state index is -0.714. The lowest BCUT2D eigenvalue weighted by Crippen LogP contribution is -2.25. The molecule has 0 unspecified atom stereocenters. The third kappa shape index (κ3) is 5.27. The lowest BCUT2D eigenvalue weighted by atomic mass is 10.0. The maximum atomic E-state index is 14.6. The van der Waals surface area contributed by atoms with Crippen LogP contribution in [0.2, 0.25) is 0 Å². The topological polar surface area (TPSA) is 116 Å². The first-order valence-corrected chi connectivity index (χ1v) is 12.7. The van der Waals surface area contributed by atoms with Gasteiger partial charge in [0.15, 0.2) is 0 Å². The number of halogens is 2. The number of benzene rings is 3. The Labute approximate surface area is 225 Å². The molecule has 0 saturated heterocycles. The molecular weight excluding hydrogens is 555 g/mol. The van der Waals surface area contributed by atoms with Gasteiger partial charge in [0.1, 0.15) is 35.7 Å². The van der Waals surface area contributed by atoms with Gasteiger partial charge in [-0.2, -0.15) is 0 Å². The molecule has 1 atom stereocenters. The van der Waals surface area contributed by atoms with Crippen molar-refractivity contribution in [2.75, 3.05) is 13.2 Å². The number of aromatic hydroxyl groups is 1. The molecule has 0 fully saturated rings. The van der Waals surface area contributed by atoms with Gasteiger partial charge in [0.25, 0.3) is 0 Å². The maximum Gasteiger partial charge on any atom is 0.329 e. The van der Waals surface area contributed by atoms with Crippen LogP contribution in [0.4, 0.5) is 4.39 Å². The molecule has 0 aliphatic heterocycles. The molecule has 0 spiro atoms. The smallest absolute Gasteiger partial charge is 0.329 e. The van der Waals surface area contributed by atoms with Gasteiger partial charge in [-0.3, -0.25) is 4.57 Å². The summed E-state index contributed by atoms with van der Waals surface area (Å²) >= 11 is 3.27. The van der Waals surface area contributed by atoms with E-state index in [4.69, 9.17) is 9.84 Å². The first-order valence-electron chi connectivity index (χ1n) is 11.9. The van der Waals surface area contributed by atoms with Crippen molar-refractivity contribution in [2.45, 2.75) is 12.5 Å². The number of imidazole rings is 2. The molecule has 0 saturated carbocycles. The van der Waals surface area contributed by atoms with Crippen molar-refractivity contribution >= 4 is 15.9 Å². The average molecular weight is 579 g/mol. The summed E-state index contributed by atoms with van der Waals surface area (Å²) in [4.78, 5) is 23.6. The molecule has 5 aromatic rings. The van der Waals surface area contributed by atoms with Crippen LogP contribution >= 0.6 is 15.9 Å². The molecule has 4 N–H and O–H groups in total. The summed E-state index contributed by atoms with van der Waals surface area (Å²) in [6.45, 7) is 0.0543. The first kappa shape index (κ1) is 25.5. The summed E-state index contributed by atoms with van der Waals surface area (Å²) in [5.74, 6) is 0.258. The molecule has 0 aliphatic carbocycles. The zero-order chi connectivity index (χ0) is 26.6. The standard InChI is InChI=1S/C28H24BrFN4O4/c29-19-8-11-21(22(30)15-19)23-16-31-26(32-23)24(14-17-4-2-1-3-5-17)34-27(36)25(33-28(34)37)18-6-9-20(10-7-18)38-13-12-35/h1-11,15-16,24,35-36H,12-14H2,(H,31,32)(H,33,37)/t24-/m1/s1. The highest BCUT2D eigenvalue weighted by molar-refractivity contribution is 9.10. The van der Waals surface area contributed by atoms with E-state index < -0.39 is 17.5 Å². The summed E-state index contributed by atoms with van der Waals surface area (Å²) in [6.07, 6.45) is 1.86. The van der Waals surface area contributed by atoms with Gasteiger partial charge >= 0.3 is 5.69 Å². The van der Waals surface area contributed by atoms with Crippen LogP contribution in [-0.2, 0) is 6.42 Å². The number of aromatic amines is 2. The fraction of sp³-hybridized carbons (Fsp3) is 0.143. The molecule has 3 aromatic carbocycles. The minimum Gasteiger partial charge on any atom is -0.493 e. The van der Waals surface area contributed by atoms with Gasteiger partial charge in [-0.1, -0.05) is 46.3 Å². The quantitative estimate of drug-likeness (QED) is 0.195. The van der Waals surface area contributed by atoms with Gasteiger partial charge in [-0.05, 0) is 48.0 Å². The number of nitrogens with zero attached hydrogens (tertiary/aromatic N) is 2. The van der Waals surface area contributed by atoms with Gasteiger partial charge in [0.05, 0.1) is 18.5 Å². The number of nitrogens with one attached hydrogen (secondary N) is 2. The molecule has 0 radical (unpaired) electrons. The van der Waals surface area contributed by atoms with E-state index in [-0.39, 0.29) is 24.8 Å². The van der Waals surface area contributed by atoms with Crippen molar-refractivity contribution in [1.29, 1.82) is 0 Å². The number of aliphatic hydroxyl groups is 1. The second kappa shape index (κ2) is 11.1. The monoisotopic (exact) mass is 578 g/mol. The fourth-order valence-electron chi connectivity index (χ4n) is 4.31. The summed E-state index contributed by atoms with van der Waals surface area (Å²) in [5.41, 5.74) is 2.00. The van der Waals surface area contributed by atoms with E-state index >= 15 is 0 Å². The van der Waals surface area contributed by atoms with E-state index in [2.05, 4.69) is 30.9 Å². The zero-order valence-corrected chi connectivity index (χ0v) is 21.7. The second-order valence-corrected chi connectivity index (χ2v) is 9.52. The van der Waals surface area contributed by atoms with Crippen molar-refractivity contribution in [3.8, 4) is 34.1 Å². The molecule has 0 amide bonds. The molecule has 2 heterocycles. The van der Waals surface area contributed by atoms with Crippen LogP contribution in [0, 0.1) is 5.82 Å². The van der Waals surface area contributed by atoms with E-state index in [1.165, 1.54) is 16.8 Å². The van der Waals surface area contributed by atoms with Crippen LogP contribution < -0.4 is 10.4 Å². The largest absolute Gasteiger partial charge is 0.493 e. The van der Waals surface area contributed by atoms with Crippen LogP contribution in [0.3, 0.4) is 0 Å². The van der Waals surface area contributed by atoms with Gasteiger partial charge in [0, 0.05) is 22.0 Å². The van der Waals surface area contributed by atoms with E-state index in [1.807, 2.05) is 30.3 Å². The van der Waals surface area contributed by atoms with Crippen LogP contribution in [0.15, 0.2) is 88.3 Å². The van der Waals surface area contributed by atoms with Gasteiger partial charge in [-0.15, -0.1) is 0 Å². The number of aromatic nitrogens is 4. The lowest BCUT2D eigenvalue weighted by molar-refractivity contribution is 0.201. The molecule has 38 heavy (non-hydrogen) atoms. The highest BCUT2D eigenvalue weighted by atomic mass is 79.9. The Morgan fingerprint density at radius 1 is 1.05 bits per heavy atom. The van der Waals surface area contributed by atoms with Crippen molar-refractivity contribution in [1.82, 2.24) is 19.5 Å². The molecule has 5 rings (SSSR count).